The van der Waals surface area contributed by atoms with E-state index < -0.39 is 7.12 Å². The number of allylic oxidation sites excluding steroid dienone is 1. The first-order valence-corrected chi connectivity index (χ1v) is 8.84. The van der Waals surface area contributed by atoms with Crippen molar-refractivity contribution in [1.82, 2.24) is 0 Å². The van der Waals surface area contributed by atoms with E-state index in [0.29, 0.717) is 5.46 Å². The third kappa shape index (κ3) is 3.17. The molecule has 1 aliphatic carbocycles. The van der Waals surface area contributed by atoms with Gasteiger partial charge in [-0.05, 0) is 54.2 Å². The monoisotopic (exact) mass is 341 g/mol. The average molecular weight is 341 g/mol. The van der Waals surface area contributed by atoms with E-state index in [1.54, 1.807) is 12.1 Å². The second-order valence-electron chi connectivity index (χ2n) is 6.43. The Kier molecular flexibility index (Phi) is 4.61. The zero-order chi connectivity index (χ0) is 17.9. The van der Waals surface area contributed by atoms with E-state index in [0.717, 1.165) is 29.9 Å². The number of fused-ring (bicyclic) bond motifs is 1. The standard InChI is InChI=1S/C22H20BNO2/c25-23(26)18-13-15-20(16-14-18)24(19-9-2-1-3-10-19)22-12-6-8-17-7-4-5-11-21(17)22/h1-3,5-6,8-16,25-26H,4,7H2. The average Bonchev–Trinajstić information content (AvgIpc) is 2.70. The summed E-state index contributed by atoms with van der Waals surface area (Å²) in [7, 11) is -1.46. The van der Waals surface area contributed by atoms with Crippen molar-refractivity contribution in [2.24, 2.45) is 0 Å². The summed E-state index contributed by atoms with van der Waals surface area (Å²) >= 11 is 0. The van der Waals surface area contributed by atoms with Crippen LogP contribution in [0.2, 0.25) is 0 Å². The first-order valence-electron chi connectivity index (χ1n) is 8.84. The van der Waals surface area contributed by atoms with Crippen LogP contribution in [0.25, 0.3) is 6.08 Å². The van der Waals surface area contributed by atoms with Gasteiger partial charge in [-0.25, -0.2) is 0 Å². The molecule has 0 unspecified atom stereocenters. The molecule has 3 aromatic rings. The van der Waals surface area contributed by atoms with Gasteiger partial charge in [-0.3, -0.25) is 0 Å². The van der Waals surface area contributed by atoms with Crippen LogP contribution in [0.5, 0.6) is 0 Å². The molecule has 0 radical (unpaired) electrons. The van der Waals surface area contributed by atoms with Crippen LogP contribution in [0, 0.1) is 0 Å². The fourth-order valence-corrected chi connectivity index (χ4v) is 3.44. The third-order valence-corrected chi connectivity index (χ3v) is 4.74. The van der Waals surface area contributed by atoms with E-state index >= 15 is 0 Å². The van der Waals surface area contributed by atoms with Gasteiger partial charge in [-0.1, -0.05) is 54.6 Å². The predicted molar refractivity (Wildman–Crippen MR) is 108 cm³/mol. The number of hydrogen-bond donors (Lipinski definition) is 2. The Morgan fingerprint density at radius 3 is 2.23 bits per heavy atom. The molecule has 3 nitrogen and oxygen atoms in total. The van der Waals surface area contributed by atoms with Crippen LogP contribution in [0.1, 0.15) is 17.5 Å². The summed E-state index contributed by atoms with van der Waals surface area (Å²) in [5.41, 5.74) is 6.26. The first kappa shape index (κ1) is 16.6. The van der Waals surface area contributed by atoms with Gasteiger partial charge in [-0.15, -0.1) is 0 Å². The van der Waals surface area contributed by atoms with Crippen LogP contribution in [0.4, 0.5) is 17.1 Å². The summed E-state index contributed by atoms with van der Waals surface area (Å²) in [4.78, 5) is 2.21. The molecule has 128 valence electrons. The number of benzene rings is 3. The van der Waals surface area contributed by atoms with Gasteiger partial charge < -0.3 is 14.9 Å². The van der Waals surface area contributed by atoms with Crippen LogP contribution in [0.15, 0.2) is 78.9 Å². The Morgan fingerprint density at radius 2 is 1.50 bits per heavy atom. The molecule has 4 rings (SSSR count). The van der Waals surface area contributed by atoms with Gasteiger partial charge in [0.05, 0.1) is 5.69 Å². The molecule has 4 heteroatoms. The number of anilines is 3. The van der Waals surface area contributed by atoms with Gasteiger partial charge in [0.25, 0.3) is 0 Å². The fraction of sp³-hybridized carbons (Fsp3) is 0.0909. The predicted octanol–water partition coefficient (Wildman–Crippen LogP) is 3.80. The molecule has 1 aliphatic rings. The van der Waals surface area contributed by atoms with Crippen LogP contribution in [-0.2, 0) is 6.42 Å². The molecule has 0 aliphatic heterocycles. The molecule has 0 bridgehead atoms. The first-order chi connectivity index (χ1) is 12.7. The lowest BCUT2D eigenvalue weighted by molar-refractivity contribution is 0.426. The summed E-state index contributed by atoms with van der Waals surface area (Å²) in [6, 6.07) is 24.0. The van der Waals surface area contributed by atoms with Crippen molar-refractivity contribution in [2.45, 2.75) is 12.8 Å². The minimum absolute atomic E-state index is 0.483. The van der Waals surface area contributed by atoms with E-state index in [4.69, 9.17) is 0 Å². The lowest BCUT2D eigenvalue weighted by Crippen LogP contribution is -2.29. The van der Waals surface area contributed by atoms with Crippen molar-refractivity contribution in [1.29, 1.82) is 0 Å². The van der Waals surface area contributed by atoms with Gasteiger partial charge in [0.1, 0.15) is 0 Å². The minimum Gasteiger partial charge on any atom is -0.423 e. The Hall–Kier alpha value is -2.82. The lowest BCUT2D eigenvalue weighted by Gasteiger charge is -2.29. The molecule has 3 aromatic carbocycles. The number of hydrogen-bond acceptors (Lipinski definition) is 3. The quantitative estimate of drug-likeness (QED) is 0.710. The SMILES string of the molecule is OB(O)c1ccc(N(c2ccccc2)c2cccc3c2C=CCC3)cc1. The summed E-state index contributed by atoms with van der Waals surface area (Å²) in [5, 5.41) is 18.8. The van der Waals surface area contributed by atoms with Gasteiger partial charge in [0.15, 0.2) is 0 Å². The zero-order valence-electron chi connectivity index (χ0n) is 14.4. The van der Waals surface area contributed by atoms with Crippen LogP contribution in [0.3, 0.4) is 0 Å². The fourth-order valence-electron chi connectivity index (χ4n) is 3.44. The van der Waals surface area contributed by atoms with Crippen LogP contribution in [-0.4, -0.2) is 17.2 Å². The highest BCUT2D eigenvalue weighted by Gasteiger charge is 2.19. The van der Waals surface area contributed by atoms with Crippen molar-refractivity contribution in [2.75, 3.05) is 4.90 Å². The molecule has 0 amide bonds. The maximum Gasteiger partial charge on any atom is 0.488 e. The second kappa shape index (κ2) is 7.20. The van der Waals surface area contributed by atoms with Crippen molar-refractivity contribution in [3.63, 3.8) is 0 Å². The maximum atomic E-state index is 9.38. The van der Waals surface area contributed by atoms with Crippen molar-refractivity contribution >= 4 is 35.7 Å². The highest BCUT2D eigenvalue weighted by molar-refractivity contribution is 6.58. The molecule has 2 N–H and O–H groups in total. The second-order valence-corrected chi connectivity index (χ2v) is 6.43. The smallest absolute Gasteiger partial charge is 0.423 e. The summed E-state index contributed by atoms with van der Waals surface area (Å²) in [6.07, 6.45) is 6.55. The van der Waals surface area contributed by atoms with Gasteiger partial charge in [0, 0.05) is 16.9 Å². The van der Waals surface area contributed by atoms with Crippen molar-refractivity contribution < 1.29 is 10.0 Å². The molecule has 0 aromatic heterocycles. The number of rotatable bonds is 4. The third-order valence-electron chi connectivity index (χ3n) is 4.74. The maximum absolute atomic E-state index is 9.38. The normalized spacial score (nSPS) is 12.5. The Labute approximate surface area is 154 Å². The summed E-state index contributed by atoms with van der Waals surface area (Å²) in [6.45, 7) is 0. The summed E-state index contributed by atoms with van der Waals surface area (Å²) < 4.78 is 0. The number of para-hydroxylation sites is 1. The highest BCUT2D eigenvalue weighted by atomic mass is 16.4. The van der Waals surface area contributed by atoms with Crippen molar-refractivity contribution in [3.05, 3.63) is 90.0 Å². The van der Waals surface area contributed by atoms with E-state index in [2.05, 4.69) is 47.4 Å². The Balaban J connectivity index is 1.87. The molecular formula is C22H20BNO2. The number of aryl methyl sites for hydroxylation is 1. The van der Waals surface area contributed by atoms with E-state index in [-0.39, 0.29) is 0 Å². The molecule has 0 spiro atoms. The lowest BCUT2D eigenvalue weighted by atomic mass is 9.80. The van der Waals surface area contributed by atoms with Gasteiger partial charge >= 0.3 is 7.12 Å². The van der Waals surface area contributed by atoms with E-state index in [9.17, 15) is 10.0 Å². The molecule has 0 saturated carbocycles. The van der Waals surface area contributed by atoms with Crippen molar-refractivity contribution in [3.8, 4) is 0 Å². The van der Waals surface area contributed by atoms with Gasteiger partial charge in [-0.2, -0.15) is 0 Å². The van der Waals surface area contributed by atoms with Crippen LogP contribution >= 0.6 is 0 Å². The number of nitrogens with zero attached hydrogens (tertiary/aromatic N) is 1. The largest absolute Gasteiger partial charge is 0.488 e. The topological polar surface area (TPSA) is 43.7 Å². The zero-order valence-corrected chi connectivity index (χ0v) is 14.4. The molecule has 0 fully saturated rings. The summed E-state index contributed by atoms with van der Waals surface area (Å²) in [5.74, 6) is 0. The Bertz CT molecular complexity index is 921. The molecule has 0 heterocycles. The van der Waals surface area contributed by atoms with Gasteiger partial charge in [0.2, 0.25) is 0 Å². The molecular weight excluding hydrogens is 321 g/mol. The van der Waals surface area contributed by atoms with Crippen LogP contribution < -0.4 is 10.4 Å². The molecule has 0 saturated heterocycles. The molecule has 0 atom stereocenters. The van der Waals surface area contributed by atoms with E-state index in [1.165, 1.54) is 11.1 Å². The molecule has 26 heavy (non-hydrogen) atoms. The van der Waals surface area contributed by atoms with E-state index in [1.807, 2.05) is 30.3 Å². The minimum atomic E-state index is -1.46. The highest BCUT2D eigenvalue weighted by Crippen LogP contribution is 2.39. The Morgan fingerprint density at radius 1 is 0.769 bits per heavy atom.